The molecule has 0 saturated carbocycles. The number of benzene rings is 1. The van der Waals surface area contributed by atoms with E-state index < -0.39 is 5.82 Å². The third-order valence-electron chi connectivity index (χ3n) is 2.68. The minimum Gasteiger partial charge on any atom is -0.453 e. The highest BCUT2D eigenvalue weighted by molar-refractivity contribution is 6.31. The summed E-state index contributed by atoms with van der Waals surface area (Å²) < 4.78 is 19.1. The lowest BCUT2D eigenvalue weighted by Crippen LogP contribution is -1.98. The van der Waals surface area contributed by atoms with E-state index in [-0.39, 0.29) is 16.5 Å². The highest BCUT2D eigenvalue weighted by Crippen LogP contribution is 2.33. The predicted molar refractivity (Wildman–Crippen MR) is 74.2 cm³/mol. The molecule has 0 fully saturated rings. The topological polar surface area (TPSA) is 48.1 Å². The molecule has 1 aromatic heterocycles. The van der Waals surface area contributed by atoms with Crippen LogP contribution in [-0.2, 0) is 6.42 Å². The Balaban J connectivity index is 2.39. The van der Waals surface area contributed by atoms with Gasteiger partial charge in [0.25, 0.3) is 0 Å². The van der Waals surface area contributed by atoms with E-state index in [2.05, 4.69) is 4.98 Å². The molecule has 2 N–H and O–H groups in total. The van der Waals surface area contributed by atoms with Gasteiger partial charge < -0.3 is 10.5 Å². The lowest BCUT2D eigenvalue weighted by molar-refractivity contribution is 0.470. The second-order valence-electron chi connectivity index (χ2n) is 4.16. The van der Waals surface area contributed by atoms with Crippen LogP contribution in [0, 0.1) is 12.7 Å². The van der Waals surface area contributed by atoms with E-state index in [1.54, 1.807) is 6.07 Å². The summed E-state index contributed by atoms with van der Waals surface area (Å²) in [6.07, 6.45) is 0.715. The van der Waals surface area contributed by atoms with Gasteiger partial charge in [0, 0.05) is 11.8 Å². The second kappa shape index (κ2) is 5.45. The lowest BCUT2D eigenvalue weighted by Gasteiger charge is -2.12. The first kappa shape index (κ1) is 13.6. The van der Waals surface area contributed by atoms with Gasteiger partial charge in [-0.05, 0) is 31.5 Å². The molecule has 1 heterocycles. The Kier molecular flexibility index (Phi) is 3.90. The number of nitrogens with two attached hydrogens (primary N) is 1. The van der Waals surface area contributed by atoms with Gasteiger partial charge in [-0.1, -0.05) is 18.5 Å². The first-order chi connectivity index (χ1) is 9.01. The summed E-state index contributed by atoms with van der Waals surface area (Å²) in [4.78, 5) is 4.37. The van der Waals surface area contributed by atoms with E-state index in [0.717, 1.165) is 11.4 Å². The second-order valence-corrected chi connectivity index (χ2v) is 4.56. The molecular weight excluding hydrogens is 267 g/mol. The van der Waals surface area contributed by atoms with Gasteiger partial charge in [-0.2, -0.15) is 0 Å². The van der Waals surface area contributed by atoms with Gasteiger partial charge in [0.1, 0.15) is 11.6 Å². The molecule has 0 aliphatic carbocycles. The largest absolute Gasteiger partial charge is 0.453 e. The zero-order valence-electron chi connectivity index (χ0n) is 10.7. The SMILES string of the molecule is CCc1nc(C)ccc1Oc1cc(F)c(Cl)cc1N. The van der Waals surface area contributed by atoms with Crippen molar-refractivity contribution in [1.82, 2.24) is 4.98 Å². The number of nitrogens with zero attached hydrogens (tertiary/aromatic N) is 1. The van der Waals surface area contributed by atoms with E-state index in [1.165, 1.54) is 12.1 Å². The molecular formula is C14H14ClFN2O. The molecule has 19 heavy (non-hydrogen) atoms. The molecule has 3 nitrogen and oxygen atoms in total. The van der Waals surface area contributed by atoms with Gasteiger partial charge in [-0.25, -0.2) is 4.39 Å². The van der Waals surface area contributed by atoms with Gasteiger partial charge in [-0.3, -0.25) is 4.98 Å². The minimum atomic E-state index is -0.566. The maximum atomic E-state index is 13.4. The van der Waals surface area contributed by atoms with Crippen molar-refractivity contribution in [2.45, 2.75) is 20.3 Å². The summed E-state index contributed by atoms with van der Waals surface area (Å²) in [5, 5.41) is -0.0254. The molecule has 0 radical (unpaired) electrons. The normalized spacial score (nSPS) is 10.5. The monoisotopic (exact) mass is 280 g/mol. The van der Waals surface area contributed by atoms with Crippen LogP contribution >= 0.6 is 11.6 Å². The van der Waals surface area contributed by atoms with E-state index in [9.17, 15) is 4.39 Å². The standard InChI is InChI=1S/C14H14ClFN2O/c1-3-12-13(5-4-8(2)18-12)19-14-7-10(16)9(15)6-11(14)17/h4-7H,3,17H2,1-2H3. The van der Waals surface area contributed by atoms with Crippen LogP contribution in [0.2, 0.25) is 5.02 Å². The third kappa shape index (κ3) is 2.96. The smallest absolute Gasteiger partial charge is 0.153 e. The van der Waals surface area contributed by atoms with E-state index in [0.29, 0.717) is 12.2 Å². The van der Waals surface area contributed by atoms with Gasteiger partial charge in [0.05, 0.1) is 16.4 Å². The molecule has 5 heteroatoms. The van der Waals surface area contributed by atoms with Crippen LogP contribution in [-0.4, -0.2) is 4.98 Å². The van der Waals surface area contributed by atoms with Crippen molar-refractivity contribution in [3.05, 3.63) is 46.5 Å². The first-order valence-corrected chi connectivity index (χ1v) is 6.28. The Morgan fingerprint density at radius 3 is 2.74 bits per heavy atom. The fraction of sp³-hybridized carbons (Fsp3) is 0.214. The van der Waals surface area contributed by atoms with Gasteiger partial charge in [-0.15, -0.1) is 0 Å². The van der Waals surface area contributed by atoms with Crippen molar-refractivity contribution < 1.29 is 9.13 Å². The molecule has 1 aromatic carbocycles. The number of hydrogen-bond donors (Lipinski definition) is 1. The van der Waals surface area contributed by atoms with Crippen LogP contribution in [0.1, 0.15) is 18.3 Å². The molecule has 100 valence electrons. The van der Waals surface area contributed by atoms with Crippen molar-refractivity contribution in [2.75, 3.05) is 5.73 Å². The van der Waals surface area contributed by atoms with E-state index in [1.807, 2.05) is 19.9 Å². The molecule has 0 aliphatic rings. The summed E-state index contributed by atoms with van der Waals surface area (Å²) in [6, 6.07) is 6.14. The summed E-state index contributed by atoms with van der Waals surface area (Å²) in [7, 11) is 0. The minimum absolute atomic E-state index is 0.0254. The molecule has 0 spiro atoms. The van der Waals surface area contributed by atoms with Crippen LogP contribution < -0.4 is 10.5 Å². The van der Waals surface area contributed by atoms with Crippen molar-refractivity contribution in [2.24, 2.45) is 0 Å². The van der Waals surface area contributed by atoms with Crippen molar-refractivity contribution in [3.63, 3.8) is 0 Å². The number of nitrogen functional groups attached to an aromatic ring is 1. The van der Waals surface area contributed by atoms with Crippen LogP contribution in [0.4, 0.5) is 10.1 Å². The highest BCUT2D eigenvalue weighted by Gasteiger charge is 2.11. The average molecular weight is 281 g/mol. The Hall–Kier alpha value is -1.81. The molecule has 0 amide bonds. The fourth-order valence-corrected chi connectivity index (χ4v) is 1.87. The molecule has 0 unspecified atom stereocenters. The molecule has 0 atom stereocenters. The lowest BCUT2D eigenvalue weighted by atomic mass is 10.2. The van der Waals surface area contributed by atoms with Crippen molar-refractivity contribution in [3.8, 4) is 11.5 Å². The summed E-state index contributed by atoms with van der Waals surface area (Å²) in [6.45, 7) is 3.87. The maximum Gasteiger partial charge on any atom is 0.153 e. The zero-order chi connectivity index (χ0) is 14.0. The van der Waals surface area contributed by atoms with E-state index in [4.69, 9.17) is 22.1 Å². The average Bonchev–Trinajstić information content (AvgIpc) is 2.37. The summed E-state index contributed by atoms with van der Waals surface area (Å²) in [5.74, 6) is 0.243. The highest BCUT2D eigenvalue weighted by atomic mass is 35.5. The fourth-order valence-electron chi connectivity index (χ4n) is 1.69. The molecule has 2 rings (SSSR count). The quantitative estimate of drug-likeness (QED) is 0.860. The number of aryl methyl sites for hydroxylation is 2. The van der Waals surface area contributed by atoms with Crippen LogP contribution in [0.25, 0.3) is 0 Å². The number of ether oxygens (including phenoxy) is 1. The predicted octanol–water partition coefficient (Wildman–Crippen LogP) is 4.12. The zero-order valence-corrected chi connectivity index (χ0v) is 11.5. The Morgan fingerprint density at radius 1 is 1.32 bits per heavy atom. The number of rotatable bonds is 3. The Labute approximate surface area is 116 Å². The maximum absolute atomic E-state index is 13.4. The number of halogens is 2. The number of pyridine rings is 1. The van der Waals surface area contributed by atoms with Crippen LogP contribution in [0.5, 0.6) is 11.5 Å². The number of aromatic nitrogens is 1. The molecule has 2 aromatic rings. The first-order valence-electron chi connectivity index (χ1n) is 5.90. The number of anilines is 1. The third-order valence-corrected chi connectivity index (χ3v) is 2.97. The molecule has 0 saturated heterocycles. The molecule has 0 bridgehead atoms. The van der Waals surface area contributed by atoms with Gasteiger partial charge in [0.2, 0.25) is 0 Å². The van der Waals surface area contributed by atoms with E-state index >= 15 is 0 Å². The molecule has 0 aliphatic heterocycles. The Bertz CT molecular complexity index is 617. The van der Waals surface area contributed by atoms with Gasteiger partial charge in [0.15, 0.2) is 5.75 Å². The summed E-state index contributed by atoms with van der Waals surface area (Å²) >= 11 is 5.65. The van der Waals surface area contributed by atoms with Crippen molar-refractivity contribution in [1.29, 1.82) is 0 Å². The van der Waals surface area contributed by atoms with Crippen LogP contribution in [0.3, 0.4) is 0 Å². The Morgan fingerprint density at radius 2 is 2.05 bits per heavy atom. The number of hydrogen-bond acceptors (Lipinski definition) is 3. The van der Waals surface area contributed by atoms with Gasteiger partial charge >= 0.3 is 0 Å². The van der Waals surface area contributed by atoms with Crippen LogP contribution in [0.15, 0.2) is 24.3 Å². The summed E-state index contributed by atoms with van der Waals surface area (Å²) in [5.41, 5.74) is 7.75. The van der Waals surface area contributed by atoms with Crippen molar-refractivity contribution >= 4 is 17.3 Å².